The number of carbonyl (C=O) groups is 1. The highest BCUT2D eigenvalue weighted by Crippen LogP contribution is 2.27. The molecule has 2 aliphatic heterocycles. The van der Waals surface area contributed by atoms with Gasteiger partial charge >= 0.3 is 6.03 Å². The topological polar surface area (TPSA) is 73.5 Å². The second-order valence-electron chi connectivity index (χ2n) is 7.19. The van der Waals surface area contributed by atoms with E-state index in [1.165, 1.54) is 0 Å². The van der Waals surface area contributed by atoms with Gasteiger partial charge in [-0.1, -0.05) is 0 Å². The maximum absolute atomic E-state index is 12.7. The Balaban J connectivity index is 1.56. The Bertz CT molecular complexity index is 525. The van der Waals surface area contributed by atoms with E-state index in [9.17, 15) is 4.79 Å². The van der Waals surface area contributed by atoms with Crippen molar-refractivity contribution in [3.05, 3.63) is 18.0 Å². The van der Waals surface area contributed by atoms with E-state index in [1.807, 2.05) is 11.0 Å². The minimum absolute atomic E-state index is 0.00642. The molecule has 0 radical (unpaired) electrons. The Labute approximate surface area is 143 Å². The first-order valence-corrected chi connectivity index (χ1v) is 8.88. The Morgan fingerprint density at radius 3 is 2.96 bits per heavy atom. The summed E-state index contributed by atoms with van der Waals surface area (Å²) in [5.74, 6) is 0.359. The van der Waals surface area contributed by atoms with Gasteiger partial charge in [0.15, 0.2) is 0 Å². The average Bonchev–Trinajstić information content (AvgIpc) is 3.15. The van der Waals surface area contributed by atoms with Crippen LogP contribution < -0.4 is 5.32 Å². The molecule has 1 atom stereocenters. The van der Waals surface area contributed by atoms with E-state index in [-0.39, 0.29) is 11.6 Å². The van der Waals surface area contributed by atoms with Crippen LogP contribution >= 0.6 is 0 Å². The number of urea groups is 1. The van der Waals surface area contributed by atoms with Crippen molar-refractivity contribution in [1.82, 2.24) is 25.3 Å². The van der Waals surface area contributed by atoms with Gasteiger partial charge in [0.2, 0.25) is 0 Å². The molecule has 0 saturated carbocycles. The van der Waals surface area contributed by atoms with E-state index in [2.05, 4.69) is 34.5 Å². The molecule has 134 valence electrons. The summed E-state index contributed by atoms with van der Waals surface area (Å²) in [6.45, 7) is 3.79. The molecule has 1 aromatic rings. The molecule has 0 aliphatic carbocycles. The molecule has 0 bridgehead atoms. The molecule has 2 aliphatic rings. The number of nitrogens with one attached hydrogen (secondary N) is 2. The largest absolute Gasteiger partial charge is 0.381 e. The third-order valence-corrected chi connectivity index (χ3v) is 5.61. The number of hydrogen-bond donors (Lipinski definition) is 2. The molecule has 2 fully saturated rings. The number of likely N-dealkylation sites (tertiary alicyclic amines) is 1. The summed E-state index contributed by atoms with van der Waals surface area (Å²) in [4.78, 5) is 16.8. The fourth-order valence-electron chi connectivity index (χ4n) is 3.79. The Hall–Kier alpha value is -1.60. The molecule has 2 saturated heterocycles. The van der Waals surface area contributed by atoms with Gasteiger partial charge in [0.25, 0.3) is 0 Å². The summed E-state index contributed by atoms with van der Waals surface area (Å²) < 4.78 is 5.49. The Morgan fingerprint density at radius 1 is 1.50 bits per heavy atom. The number of nitrogens with zero attached hydrogens (tertiary/aromatic N) is 3. The summed E-state index contributed by atoms with van der Waals surface area (Å²) in [6, 6.07) is 2.06. The standard InChI is InChI=1S/C17H29N5O2/c1-21(2)17(6-10-24-11-7-17)13-18-16(23)22-9-3-4-14(12-22)15-5-8-19-20-15/h5,8,14H,3-4,6-7,9-13H2,1-2H3,(H,18,23)(H,19,20). The zero-order valence-corrected chi connectivity index (χ0v) is 14.8. The summed E-state index contributed by atoms with van der Waals surface area (Å²) in [5.41, 5.74) is 1.13. The highest BCUT2D eigenvalue weighted by molar-refractivity contribution is 5.74. The minimum Gasteiger partial charge on any atom is -0.381 e. The number of aromatic nitrogens is 2. The molecule has 24 heavy (non-hydrogen) atoms. The van der Waals surface area contributed by atoms with Crippen LogP contribution in [0.15, 0.2) is 12.3 Å². The lowest BCUT2D eigenvalue weighted by Crippen LogP contribution is -2.57. The van der Waals surface area contributed by atoms with Crippen LogP contribution in [0.4, 0.5) is 4.79 Å². The van der Waals surface area contributed by atoms with Gasteiger partial charge < -0.3 is 19.9 Å². The summed E-state index contributed by atoms with van der Waals surface area (Å²) >= 11 is 0. The van der Waals surface area contributed by atoms with Crippen molar-refractivity contribution in [2.75, 3.05) is 46.9 Å². The fourth-order valence-corrected chi connectivity index (χ4v) is 3.79. The smallest absolute Gasteiger partial charge is 0.317 e. The van der Waals surface area contributed by atoms with Crippen molar-refractivity contribution in [3.8, 4) is 0 Å². The lowest BCUT2D eigenvalue weighted by Gasteiger charge is -2.43. The van der Waals surface area contributed by atoms with E-state index < -0.39 is 0 Å². The lowest BCUT2D eigenvalue weighted by molar-refractivity contribution is -0.00632. The number of likely N-dealkylation sites (N-methyl/N-ethyl adjacent to an activating group) is 1. The first-order chi connectivity index (χ1) is 11.6. The SMILES string of the molecule is CN(C)C1(CNC(=O)N2CCCC(c3ccn[nH]3)C2)CCOCC1. The number of ether oxygens (including phenoxy) is 1. The molecule has 7 heteroatoms. The second-order valence-corrected chi connectivity index (χ2v) is 7.19. The molecule has 7 nitrogen and oxygen atoms in total. The van der Waals surface area contributed by atoms with Crippen molar-refractivity contribution in [2.24, 2.45) is 0 Å². The number of amides is 2. The number of carbonyl (C=O) groups excluding carboxylic acids is 1. The molecule has 0 spiro atoms. The van der Waals surface area contributed by atoms with Gasteiger partial charge in [-0.3, -0.25) is 5.10 Å². The number of piperidine rings is 1. The number of H-pyrrole nitrogens is 1. The van der Waals surface area contributed by atoms with Crippen molar-refractivity contribution in [3.63, 3.8) is 0 Å². The van der Waals surface area contributed by atoms with Gasteiger partial charge in [0, 0.05) is 56.2 Å². The van der Waals surface area contributed by atoms with Crippen LogP contribution in [0.2, 0.25) is 0 Å². The van der Waals surface area contributed by atoms with E-state index in [4.69, 9.17) is 4.74 Å². The van der Waals surface area contributed by atoms with Crippen molar-refractivity contribution in [1.29, 1.82) is 0 Å². The van der Waals surface area contributed by atoms with Crippen molar-refractivity contribution >= 4 is 6.03 Å². The van der Waals surface area contributed by atoms with E-state index in [0.717, 1.165) is 57.7 Å². The van der Waals surface area contributed by atoms with Crippen LogP contribution in [0.3, 0.4) is 0 Å². The molecule has 2 amide bonds. The molecule has 2 N–H and O–H groups in total. The third-order valence-electron chi connectivity index (χ3n) is 5.61. The molecular weight excluding hydrogens is 306 g/mol. The van der Waals surface area contributed by atoms with E-state index >= 15 is 0 Å². The molecule has 1 unspecified atom stereocenters. The molecule has 1 aromatic heterocycles. The molecular formula is C17H29N5O2. The van der Waals surface area contributed by atoms with Crippen LogP contribution in [0.1, 0.15) is 37.3 Å². The highest BCUT2D eigenvalue weighted by Gasteiger charge is 2.36. The molecule has 3 heterocycles. The summed E-state index contributed by atoms with van der Waals surface area (Å²) in [6.07, 6.45) is 5.82. The quantitative estimate of drug-likeness (QED) is 0.872. The van der Waals surface area contributed by atoms with Gasteiger partial charge in [-0.15, -0.1) is 0 Å². The molecule has 0 aromatic carbocycles. The zero-order valence-electron chi connectivity index (χ0n) is 14.8. The zero-order chi connectivity index (χ0) is 17.0. The maximum Gasteiger partial charge on any atom is 0.317 e. The van der Waals surface area contributed by atoms with Crippen LogP contribution in [0, 0.1) is 0 Å². The molecule has 3 rings (SSSR count). The Morgan fingerprint density at radius 2 is 2.29 bits per heavy atom. The van der Waals surface area contributed by atoms with Gasteiger partial charge in [-0.2, -0.15) is 5.10 Å². The maximum atomic E-state index is 12.7. The normalized spacial score (nSPS) is 24.1. The van der Waals surface area contributed by atoms with Crippen LogP contribution in [0.25, 0.3) is 0 Å². The minimum atomic E-state index is 0.00642. The number of aromatic amines is 1. The van der Waals surface area contributed by atoms with E-state index in [1.54, 1.807) is 6.20 Å². The fraction of sp³-hybridized carbons (Fsp3) is 0.765. The summed E-state index contributed by atoms with van der Waals surface area (Å²) in [5, 5.41) is 10.2. The van der Waals surface area contributed by atoms with Gasteiger partial charge in [-0.05, 0) is 45.8 Å². The predicted molar refractivity (Wildman–Crippen MR) is 92.0 cm³/mol. The van der Waals surface area contributed by atoms with E-state index in [0.29, 0.717) is 12.5 Å². The van der Waals surface area contributed by atoms with Crippen LogP contribution in [-0.4, -0.2) is 78.5 Å². The van der Waals surface area contributed by atoms with Gasteiger partial charge in [-0.25, -0.2) is 4.79 Å². The lowest BCUT2D eigenvalue weighted by atomic mass is 9.88. The number of hydrogen-bond acceptors (Lipinski definition) is 4. The third kappa shape index (κ3) is 3.72. The first kappa shape index (κ1) is 17.2. The van der Waals surface area contributed by atoms with Gasteiger partial charge in [0.1, 0.15) is 0 Å². The van der Waals surface area contributed by atoms with Crippen LogP contribution in [0.5, 0.6) is 0 Å². The van der Waals surface area contributed by atoms with Crippen molar-refractivity contribution in [2.45, 2.75) is 37.1 Å². The average molecular weight is 335 g/mol. The predicted octanol–water partition coefficient (Wildman–Crippen LogP) is 1.41. The Kier molecular flexibility index (Phi) is 5.40. The van der Waals surface area contributed by atoms with Crippen LogP contribution in [-0.2, 0) is 4.74 Å². The van der Waals surface area contributed by atoms with Gasteiger partial charge in [0.05, 0.1) is 0 Å². The number of rotatable bonds is 4. The first-order valence-electron chi connectivity index (χ1n) is 8.88. The summed E-state index contributed by atoms with van der Waals surface area (Å²) in [7, 11) is 4.18. The van der Waals surface area contributed by atoms with Crippen molar-refractivity contribution < 1.29 is 9.53 Å². The second kappa shape index (κ2) is 7.53. The highest BCUT2D eigenvalue weighted by atomic mass is 16.5. The monoisotopic (exact) mass is 335 g/mol.